The van der Waals surface area contributed by atoms with Crippen molar-refractivity contribution in [1.82, 2.24) is 0 Å². The van der Waals surface area contributed by atoms with E-state index >= 15 is 0 Å². The van der Waals surface area contributed by atoms with Gasteiger partial charge < -0.3 is 4.74 Å². The van der Waals surface area contributed by atoms with Crippen LogP contribution < -0.4 is 0 Å². The molecule has 5 heteroatoms. The highest BCUT2D eigenvalue weighted by atomic mass is 35.5. The SMILES string of the molecule is CC(=O)O[C@@H]1C[C@H]2[C@@H]3C=C(Cl)C4=CC(=O)[C@@H]5CC5[C@]4(C)[C@H]3CC[C@]2(C)[C@H]1C(C)=O. The average molecular weight is 417 g/mol. The number of hydrogen-bond donors (Lipinski definition) is 0. The first-order chi connectivity index (χ1) is 13.6. The summed E-state index contributed by atoms with van der Waals surface area (Å²) in [5.41, 5.74) is 0.776. The van der Waals surface area contributed by atoms with E-state index in [4.69, 9.17) is 16.3 Å². The van der Waals surface area contributed by atoms with Crippen LogP contribution in [-0.4, -0.2) is 23.6 Å². The Bertz CT molecular complexity index is 887. The topological polar surface area (TPSA) is 60.4 Å². The summed E-state index contributed by atoms with van der Waals surface area (Å²) in [7, 11) is 0. The lowest BCUT2D eigenvalue weighted by Crippen LogP contribution is -2.51. The lowest BCUT2D eigenvalue weighted by atomic mass is 9.48. The first-order valence-corrected chi connectivity index (χ1v) is 11.3. The molecule has 156 valence electrons. The fourth-order valence-electron chi connectivity index (χ4n) is 8.01. The lowest BCUT2D eigenvalue weighted by Gasteiger charge is -2.56. The Morgan fingerprint density at radius 1 is 1.14 bits per heavy atom. The molecule has 1 unspecified atom stereocenters. The molecule has 9 atom stereocenters. The van der Waals surface area contributed by atoms with Gasteiger partial charge in [0.05, 0.1) is 5.92 Å². The van der Waals surface area contributed by atoms with Crippen molar-refractivity contribution in [3.63, 3.8) is 0 Å². The maximum Gasteiger partial charge on any atom is 0.302 e. The van der Waals surface area contributed by atoms with Gasteiger partial charge in [0.2, 0.25) is 0 Å². The zero-order valence-corrected chi connectivity index (χ0v) is 18.3. The predicted octanol–water partition coefficient (Wildman–Crippen LogP) is 4.46. The summed E-state index contributed by atoms with van der Waals surface area (Å²) in [5.74, 6) is 1.26. The third kappa shape index (κ3) is 2.47. The van der Waals surface area contributed by atoms with Crippen molar-refractivity contribution in [2.75, 3.05) is 0 Å². The molecule has 5 rings (SSSR count). The smallest absolute Gasteiger partial charge is 0.302 e. The summed E-state index contributed by atoms with van der Waals surface area (Å²) in [4.78, 5) is 36.7. The van der Waals surface area contributed by atoms with Gasteiger partial charge in [0.15, 0.2) is 5.78 Å². The predicted molar refractivity (Wildman–Crippen MR) is 109 cm³/mol. The van der Waals surface area contributed by atoms with Crippen LogP contribution >= 0.6 is 11.6 Å². The first kappa shape index (κ1) is 19.5. The van der Waals surface area contributed by atoms with Crippen molar-refractivity contribution in [1.29, 1.82) is 0 Å². The van der Waals surface area contributed by atoms with Crippen LogP contribution in [0.1, 0.15) is 53.4 Å². The molecule has 0 aromatic rings. The van der Waals surface area contributed by atoms with Crippen LogP contribution in [0.15, 0.2) is 22.8 Å². The molecule has 0 N–H and O–H groups in total. The van der Waals surface area contributed by atoms with Crippen LogP contribution in [0.2, 0.25) is 0 Å². The van der Waals surface area contributed by atoms with Gasteiger partial charge in [-0.15, -0.1) is 0 Å². The number of ketones is 2. The van der Waals surface area contributed by atoms with E-state index in [0.29, 0.717) is 23.3 Å². The van der Waals surface area contributed by atoms with E-state index in [1.165, 1.54) is 6.92 Å². The molecule has 0 amide bonds. The number of carbonyl (C=O) groups excluding carboxylic acids is 3. The number of hydrogen-bond acceptors (Lipinski definition) is 4. The monoisotopic (exact) mass is 416 g/mol. The summed E-state index contributed by atoms with van der Waals surface area (Å²) in [6, 6.07) is 0. The molecule has 0 aromatic carbocycles. The van der Waals surface area contributed by atoms with Crippen molar-refractivity contribution in [2.45, 2.75) is 59.5 Å². The molecule has 29 heavy (non-hydrogen) atoms. The van der Waals surface area contributed by atoms with Crippen molar-refractivity contribution in [3.8, 4) is 0 Å². The number of Topliss-reactive ketones (excluding diaryl/α,β-unsaturated/α-hetero) is 1. The molecule has 4 nitrogen and oxygen atoms in total. The standard InChI is InChI=1S/C24H29ClO4/c1-11(26)22-21(29-12(2)27)10-16-13-8-19(25)18-9-20(28)14-7-17(14)24(18,4)15(13)5-6-23(16,22)3/h8-9,13-17,21-22H,5-7,10H2,1-4H3/t13-,14-,15+,16+,17?,21-,22+,23+,24+/m1/s1. The third-order valence-electron chi connectivity index (χ3n) is 9.25. The molecule has 0 heterocycles. The van der Waals surface area contributed by atoms with Gasteiger partial charge in [-0.1, -0.05) is 31.5 Å². The lowest BCUT2D eigenvalue weighted by molar-refractivity contribution is -0.151. The molecule has 3 fully saturated rings. The molecule has 3 saturated carbocycles. The van der Waals surface area contributed by atoms with Gasteiger partial charge in [0.25, 0.3) is 0 Å². The quantitative estimate of drug-likeness (QED) is 0.623. The van der Waals surface area contributed by atoms with Crippen LogP contribution in [-0.2, 0) is 19.1 Å². The number of carbonyl (C=O) groups is 3. The second-order valence-electron chi connectivity index (χ2n) is 10.5. The summed E-state index contributed by atoms with van der Waals surface area (Å²) < 4.78 is 5.65. The number of allylic oxidation sites excluding steroid dienone is 4. The Morgan fingerprint density at radius 3 is 2.52 bits per heavy atom. The minimum atomic E-state index is -0.350. The molecule has 0 saturated heterocycles. The van der Waals surface area contributed by atoms with E-state index in [9.17, 15) is 14.4 Å². The average Bonchev–Trinajstić information content (AvgIpc) is 3.36. The molecular weight excluding hydrogens is 388 g/mol. The molecule has 5 aliphatic carbocycles. The van der Waals surface area contributed by atoms with Gasteiger partial charge >= 0.3 is 5.97 Å². The first-order valence-electron chi connectivity index (χ1n) is 10.9. The van der Waals surface area contributed by atoms with E-state index < -0.39 is 0 Å². The minimum Gasteiger partial charge on any atom is -0.462 e. The highest BCUT2D eigenvalue weighted by Crippen LogP contribution is 2.71. The van der Waals surface area contributed by atoms with E-state index in [1.807, 2.05) is 6.08 Å². The maximum absolute atomic E-state index is 12.6. The largest absolute Gasteiger partial charge is 0.462 e. The van der Waals surface area contributed by atoms with Gasteiger partial charge in [-0.25, -0.2) is 0 Å². The molecule has 0 aromatic heterocycles. The van der Waals surface area contributed by atoms with Crippen LogP contribution in [0.25, 0.3) is 0 Å². The number of ether oxygens (including phenoxy) is 1. The molecule has 0 radical (unpaired) electrons. The number of rotatable bonds is 2. The maximum atomic E-state index is 12.6. The zero-order chi connectivity index (χ0) is 20.9. The fourth-order valence-corrected chi connectivity index (χ4v) is 8.42. The van der Waals surface area contributed by atoms with Crippen LogP contribution in [0, 0.1) is 46.3 Å². The number of esters is 1. The highest BCUT2D eigenvalue weighted by Gasteiger charge is 2.67. The summed E-state index contributed by atoms with van der Waals surface area (Å²) in [5, 5.41) is 0.715. The molecule has 0 aliphatic heterocycles. The molecule has 5 aliphatic rings. The normalized spacial score (nSPS) is 49.7. The van der Waals surface area contributed by atoms with E-state index in [-0.39, 0.29) is 58.1 Å². The zero-order valence-electron chi connectivity index (χ0n) is 17.5. The van der Waals surface area contributed by atoms with Gasteiger partial charge in [-0.05, 0) is 73.3 Å². The second-order valence-corrected chi connectivity index (χ2v) is 10.9. The Kier molecular flexibility index (Phi) is 4.08. The highest BCUT2D eigenvalue weighted by molar-refractivity contribution is 6.32. The second kappa shape index (κ2) is 6.06. The van der Waals surface area contributed by atoms with E-state index in [2.05, 4.69) is 19.9 Å². The van der Waals surface area contributed by atoms with Gasteiger partial charge in [0.1, 0.15) is 11.9 Å². The van der Waals surface area contributed by atoms with Gasteiger partial charge in [-0.2, -0.15) is 0 Å². The van der Waals surface area contributed by atoms with Gasteiger partial charge in [-0.3, -0.25) is 14.4 Å². The van der Waals surface area contributed by atoms with Crippen molar-refractivity contribution < 1.29 is 19.1 Å². The summed E-state index contributed by atoms with van der Waals surface area (Å²) in [6.07, 6.45) is 7.26. The van der Waals surface area contributed by atoms with Gasteiger partial charge in [0, 0.05) is 23.3 Å². The van der Waals surface area contributed by atoms with E-state index in [1.54, 1.807) is 6.92 Å². The molecule has 0 spiro atoms. The third-order valence-corrected chi connectivity index (χ3v) is 9.58. The summed E-state index contributed by atoms with van der Waals surface area (Å²) in [6.45, 7) is 7.58. The Balaban J connectivity index is 1.58. The Labute approximate surface area is 177 Å². The van der Waals surface area contributed by atoms with Crippen molar-refractivity contribution >= 4 is 29.1 Å². The number of halogens is 1. The van der Waals surface area contributed by atoms with E-state index in [0.717, 1.165) is 24.8 Å². The van der Waals surface area contributed by atoms with Crippen molar-refractivity contribution in [3.05, 3.63) is 22.8 Å². The van der Waals surface area contributed by atoms with Crippen LogP contribution in [0.4, 0.5) is 0 Å². The van der Waals surface area contributed by atoms with Crippen LogP contribution in [0.3, 0.4) is 0 Å². The van der Waals surface area contributed by atoms with Crippen LogP contribution in [0.5, 0.6) is 0 Å². The summed E-state index contributed by atoms with van der Waals surface area (Å²) >= 11 is 6.79. The fraction of sp³-hybridized carbons (Fsp3) is 0.708. The molecule has 0 bridgehead atoms. The Hall–Kier alpha value is -1.42. The molecular formula is C24H29ClO4. The Morgan fingerprint density at radius 2 is 1.86 bits per heavy atom. The van der Waals surface area contributed by atoms with Crippen molar-refractivity contribution in [2.24, 2.45) is 46.3 Å². The number of fused-ring (bicyclic) bond motifs is 7. The minimum absolute atomic E-state index is 0.0678.